The molecule has 0 unspecified atom stereocenters. The number of halogens is 1. The molecule has 2 rings (SSSR count). The van der Waals surface area contributed by atoms with Crippen molar-refractivity contribution in [2.45, 2.75) is 33.9 Å². The monoisotopic (exact) mass is 340 g/mol. The van der Waals surface area contributed by atoms with Crippen LogP contribution < -0.4 is 5.32 Å². The predicted octanol–water partition coefficient (Wildman–Crippen LogP) is 1.88. The standard InChI is InChI=1S/C13H21BrN6/c1-9(2)5-15-6-11-7-20(18-16-11)8-12-13(14)10(3)17-19(12)4/h7,9,15H,5-6,8H2,1-4H3. The normalized spacial score (nSPS) is 11.5. The van der Waals surface area contributed by atoms with E-state index in [-0.39, 0.29) is 0 Å². The van der Waals surface area contributed by atoms with Crippen molar-refractivity contribution in [2.24, 2.45) is 13.0 Å². The molecule has 7 heteroatoms. The molecular weight excluding hydrogens is 320 g/mol. The van der Waals surface area contributed by atoms with Gasteiger partial charge in [-0.1, -0.05) is 19.1 Å². The highest BCUT2D eigenvalue weighted by atomic mass is 79.9. The molecule has 0 saturated heterocycles. The third kappa shape index (κ3) is 3.67. The van der Waals surface area contributed by atoms with E-state index < -0.39 is 0 Å². The first kappa shape index (κ1) is 15.2. The minimum Gasteiger partial charge on any atom is -0.311 e. The zero-order chi connectivity index (χ0) is 14.7. The fourth-order valence-corrected chi connectivity index (χ4v) is 2.45. The Morgan fingerprint density at radius 3 is 2.75 bits per heavy atom. The smallest absolute Gasteiger partial charge is 0.0964 e. The number of aromatic nitrogens is 5. The molecule has 2 aromatic rings. The Morgan fingerprint density at radius 1 is 1.40 bits per heavy atom. The molecule has 20 heavy (non-hydrogen) atoms. The molecule has 2 heterocycles. The zero-order valence-corrected chi connectivity index (χ0v) is 14.0. The van der Waals surface area contributed by atoms with E-state index >= 15 is 0 Å². The van der Waals surface area contributed by atoms with E-state index in [1.54, 1.807) is 0 Å². The van der Waals surface area contributed by atoms with Gasteiger partial charge < -0.3 is 5.32 Å². The van der Waals surface area contributed by atoms with Crippen LogP contribution in [0, 0.1) is 12.8 Å². The van der Waals surface area contributed by atoms with Gasteiger partial charge in [-0.2, -0.15) is 5.10 Å². The van der Waals surface area contributed by atoms with Crippen LogP contribution in [0.3, 0.4) is 0 Å². The first-order valence-electron chi connectivity index (χ1n) is 6.75. The lowest BCUT2D eigenvalue weighted by Gasteiger charge is -2.04. The van der Waals surface area contributed by atoms with E-state index in [0.29, 0.717) is 12.5 Å². The fourth-order valence-electron chi connectivity index (χ4n) is 1.99. The second-order valence-electron chi connectivity index (χ2n) is 5.40. The van der Waals surface area contributed by atoms with Crippen molar-refractivity contribution in [3.63, 3.8) is 0 Å². The lowest BCUT2D eigenvalue weighted by atomic mass is 10.2. The van der Waals surface area contributed by atoms with Crippen LogP contribution in [0.2, 0.25) is 0 Å². The van der Waals surface area contributed by atoms with Crippen molar-refractivity contribution in [2.75, 3.05) is 6.54 Å². The Hall–Kier alpha value is -1.21. The minimum atomic E-state index is 0.637. The number of rotatable bonds is 6. The van der Waals surface area contributed by atoms with Gasteiger partial charge in [0, 0.05) is 13.6 Å². The highest BCUT2D eigenvalue weighted by molar-refractivity contribution is 9.10. The summed E-state index contributed by atoms with van der Waals surface area (Å²) in [6.07, 6.45) is 1.97. The van der Waals surface area contributed by atoms with Gasteiger partial charge in [0.25, 0.3) is 0 Å². The Bertz CT molecular complexity index is 571. The van der Waals surface area contributed by atoms with Gasteiger partial charge in [0.15, 0.2) is 0 Å². The van der Waals surface area contributed by atoms with Crippen LogP contribution >= 0.6 is 15.9 Å². The van der Waals surface area contributed by atoms with Crippen molar-refractivity contribution in [3.05, 3.63) is 27.8 Å². The van der Waals surface area contributed by atoms with Crippen LogP contribution in [0.15, 0.2) is 10.7 Å². The van der Waals surface area contributed by atoms with Gasteiger partial charge in [-0.25, -0.2) is 4.68 Å². The Labute approximate surface area is 127 Å². The van der Waals surface area contributed by atoms with Gasteiger partial charge in [-0.3, -0.25) is 4.68 Å². The number of nitrogens with one attached hydrogen (secondary N) is 1. The van der Waals surface area contributed by atoms with Crippen molar-refractivity contribution < 1.29 is 0 Å². The SMILES string of the molecule is Cc1nn(C)c(Cn2cc(CNCC(C)C)nn2)c1Br. The highest BCUT2D eigenvalue weighted by Gasteiger charge is 2.12. The summed E-state index contributed by atoms with van der Waals surface area (Å²) in [5, 5.41) is 16.1. The molecule has 0 fully saturated rings. The van der Waals surface area contributed by atoms with Gasteiger partial charge in [-0.15, -0.1) is 5.10 Å². The molecular formula is C13H21BrN6. The van der Waals surface area contributed by atoms with Crippen LogP contribution in [0.4, 0.5) is 0 Å². The lowest BCUT2D eigenvalue weighted by Crippen LogP contribution is -2.19. The third-order valence-corrected chi connectivity index (χ3v) is 4.05. The molecule has 0 amide bonds. The van der Waals surface area contributed by atoms with E-state index in [0.717, 1.165) is 34.6 Å². The molecule has 0 atom stereocenters. The van der Waals surface area contributed by atoms with E-state index in [4.69, 9.17) is 0 Å². The van der Waals surface area contributed by atoms with Gasteiger partial charge in [0.05, 0.1) is 34.3 Å². The highest BCUT2D eigenvalue weighted by Crippen LogP contribution is 2.20. The second-order valence-corrected chi connectivity index (χ2v) is 6.19. The molecule has 0 aromatic carbocycles. The van der Waals surface area contributed by atoms with Crippen LogP contribution in [0.5, 0.6) is 0 Å². The van der Waals surface area contributed by atoms with Gasteiger partial charge in [-0.05, 0) is 35.3 Å². The number of hydrogen-bond acceptors (Lipinski definition) is 4. The minimum absolute atomic E-state index is 0.637. The fraction of sp³-hybridized carbons (Fsp3) is 0.615. The Kier molecular flexibility index (Phi) is 4.93. The summed E-state index contributed by atoms with van der Waals surface area (Å²) in [6.45, 7) is 8.76. The average molecular weight is 341 g/mol. The quantitative estimate of drug-likeness (QED) is 0.872. The average Bonchev–Trinajstić information content (AvgIpc) is 2.90. The van der Waals surface area contributed by atoms with Crippen LogP contribution in [-0.4, -0.2) is 31.3 Å². The maximum absolute atomic E-state index is 4.38. The molecule has 0 saturated carbocycles. The molecule has 0 spiro atoms. The summed E-state index contributed by atoms with van der Waals surface area (Å²) < 4.78 is 4.75. The first-order valence-corrected chi connectivity index (χ1v) is 7.54. The molecule has 110 valence electrons. The van der Waals surface area contributed by atoms with Crippen molar-refractivity contribution >= 4 is 15.9 Å². The van der Waals surface area contributed by atoms with Crippen LogP contribution in [-0.2, 0) is 20.1 Å². The number of hydrogen-bond donors (Lipinski definition) is 1. The third-order valence-electron chi connectivity index (χ3n) is 3.02. The van der Waals surface area contributed by atoms with Crippen LogP contribution in [0.1, 0.15) is 30.9 Å². The van der Waals surface area contributed by atoms with Crippen LogP contribution in [0.25, 0.3) is 0 Å². The van der Waals surface area contributed by atoms with E-state index in [1.807, 2.05) is 29.5 Å². The zero-order valence-electron chi connectivity index (χ0n) is 12.4. The predicted molar refractivity (Wildman–Crippen MR) is 81.3 cm³/mol. The molecule has 2 aromatic heterocycles. The summed E-state index contributed by atoms with van der Waals surface area (Å²) in [6, 6.07) is 0. The van der Waals surface area contributed by atoms with E-state index in [2.05, 4.69) is 50.5 Å². The van der Waals surface area contributed by atoms with Gasteiger partial charge >= 0.3 is 0 Å². The maximum atomic E-state index is 4.38. The first-order chi connectivity index (χ1) is 9.47. The van der Waals surface area contributed by atoms with Gasteiger partial charge in [0.1, 0.15) is 0 Å². The molecule has 0 radical (unpaired) electrons. The Balaban J connectivity index is 1.99. The maximum Gasteiger partial charge on any atom is 0.0964 e. The lowest BCUT2D eigenvalue weighted by molar-refractivity contribution is 0.548. The van der Waals surface area contributed by atoms with Gasteiger partial charge in [0.2, 0.25) is 0 Å². The molecule has 1 N–H and O–H groups in total. The van der Waals surface area contributed by atoms with Crippen molar-refractivity contribution in [1.29, 1.82) is 0 Å². The van der Waals surface area contributed by atoms with Crippen molar-refractivity contribution in [1.82, 2.24) is 30.1 Å². The summed E-state index contributed by atoms with van der Waals surface area (Å²) >= 11 is 3.57. The molecule has 0 aliphatic rings. The summed E-state index contributed by atoms with van der Waals surface area (Å²) in [4.78, 5) is 0. The molecule has 0 bridgehead atoms. The molecule has 0 aliphatic heterocycles. The van der Waals surface area contributed by atoms with E-state index in [9.17, 15) is 0 Å². The largest absolute Gasteiger partial charge is 0.311 e. The summed E-state index contributed by atoms with van der Waals surface area (Å²) in [7, 11) is 1.94. The Morgan fingerprint density at radius 2 is 2.15 bits per heavy atom. The summed E-state index contributed by atoms with van der Waals surface area (Å²) in [5.74, 6) is 0.637. The molecule has 6 nitrogen and oxygen atoms in total. The number of nitrogens with zero attached hydrogens (tertiary/aromatic N) is 5. The van der Waals surface area contributed by atoms with Crippen molar-refractivity contribution in [3.8, 4) is 0 Å². The topological polar surface area (TPSA) is 60.6 Å². The number of aryl methyl sites for hydroxylation is 2. The molecule has 0 aliphatic carbocycles. The van der Waals surface area contributed by atoms with E-state index in [1.165, 1.54) is 0 Å². The summed E-state index contributed by atoms with van der Waals surface area (Å²) in [5.41, 5.74) is 3.04. The second kappa shape index (κ2) is 6.49.